The molecule has 1 amide bonds. The van der Waals surface area contributed by atoms with Gasteiger partial charge in [0.1, 0.15) is 19.6 Å². The Bertz CT molecular complexity index is 917. The van der Waals surface area contributed by atoms with Gasteiger partial charge in [-0.2, -0.15) is 4.80 Å². The molecule has 1 aliphatic heterocycles. The number of rotatable bonds is 4. The number of carbonyl (C=O) groups is 1. The number of aryl methyl sites for hydroxylation is 1. The van der Waals surface area contributed by atoms with Crippen molar-refractivity contribution < 1.29 is 9.78 Å². The molecule has 2 aromatic heterocycles. The number of H-pyrrole nitrogens is 1. The zero-order valence-electron chi connectivity index (χ0n) is 15.2. The van der Waals surface area contributed by atoms with Crippen molar-refractivity contribution >= 4 is 11.7 Å². The molecule has 1 aromatic carbocycles. The second kappa shape index (κ2) is 7.53. The number of amides is 1. The molecule has 8 heteroatoms. The summed E-state index contributed by atoms with van der Waals surface area (Å²) in [7, 11) is 0. The summed E-state index contributed by atoms with van der Waals surface area (Å²) in [5, 5.41) is 12.5. The van der Waals surface area contributed by atoms with Crippen LogP contribution in [0, 0.1) is 6.92 Å². The van der Waals surface area contributed by atoms with Gasteiger partial charge in [-0.3, -0.25) is 9.69 Å². The van der Waals surface area contributed by atoms with Crippen molar-refractivity contribution in [2.75, 3.05) is 31.1 Å². The number of hydrogen-bond donors (Lipinski definition) is 0. The van der Waals surface area contributed by atoms with E-state index in [0.717, 1.165) is 30.0 Å². The zero-order valence-corrected chi connectivity index (χ0v) is 15.2. The predicted molar refractivity (Wildman–Crippen MR) is 99.8 cm³/mol. The van der Waals surface area contributed by atoms with Crippen molar-refractivity contribution in [3.63, 3.8) is 0 Å². The van der Waals surface area contributed by atoms with Crippen LogP contribution in [0.2, 0.25) is 0 Å². The van der Waals surface area contributed by atoms with Crippen LogP contribution in [0.25, 0.3) is 11.4 Å². The number of aromatic amines is 1. The second-order valence-electron chi connectivity index (χ2n) is 6.57. The number of pyridine rings is 1. The van der Waals surface area contributed by atoms with E-state index in [-0.39, 0.29) is 12.5 Å². The molecule has 138 valence electrons. The summed E-state index contributed by atoms with van der Waals surface area (Å²) >= 11 is 0. The summed E-state index contributed by atoms with van der Waals surface area (Å²) in [5.74, 6) is 1.64. The van der Waals surface area contributed by atoms with Crippen LogP contribution in [-0.4, -0.2) is 57.2 Å². The minimum atomic E-state index is 0.0143. The lowest BCUT2D eigenvalue weighted by Crippen LogP contribution is -2.50. The molecule has 0 bridgehead atoms. The molecule has 0 atom stereocenters. The smallest absolute Gasteiger partial charge is 0.274 e. The van der Waals surface area contributed by atoms with Gasteiger partial charge in [-0.25, -0.2) is 4.98 Å². The molecule has 3 heterocycles. The number of nitrogens with zero attached hydrogens (tertiary/aromatic N) is 6. The zero-order chi connectivity index (χ0) is 18.6. The SMILES string of the molecule is Cc1ccccc1-c1nnn(CC(=O)N2CCN(c3cccc[nH+]3)CC2)n1. The molecule has 27 heavy (non-hydrogen) atoms. The number of tetrazole rings is 1. The fourth-order valence-electron chi connectivity index (χ4n) is 3.24. The number of aromatic nitrogens is 5. The van der Waals surface area contributed by atoms with Crippen LogP contribution >= 0.6 is 0 Å². The molecule has 4 rings (SSSR count). The fourth-order valence-corrected chi connectivity index (χ4v) is 3.24. The Labute approximate surface area is 157 Å². The average molecular weight is 364 g/mol. The quantitative estimate of drug-likeness (QED) is 0.684. The Morgan fingerprint density at radius 3 is 2.59 bits per heavy atom. The third-order valence-corrected chi connectivity index (χ3v) is 4.78. The van der Waals surface area contributed by atoms with Crippen molar-refractivity contribution in [3.05, 3.63) is 54.2 Å². The third kappa shape index (κ3) is 3.79. The van der Waals surface area contributed by atoms with Crippen LogP contribution in [0.15, 0.2) is 48.7 Å². The molecule has 3 aromatic rings. The molecule has 0 spiro atoms. The summed E-state index contributed by atoms with van der Waals surface area (Å²) in [6, 6.07) is 13.9. The summed E-state index contributed by atoms with van der Waals surface area (Å²) in [4.78, 5) is 21.3. The molecule has 0 saturated carbocycles. The van der Waals surface area contributed by atoms with Gasteiger partial charge in [-0.1, -0.05) is 30.3 Å². The van der Waals surface area contributed by atoms with Crippen LogP contribution in [-0.2, 0) is 11.3 Å². The van der Waals surface area contributed by atoms with Crippen molar-refractivity contribution in [2.45, 2.75) is 13.5 Å². The molecule has 1 aliphatic rings. The highest BCUT2D eigenvalue weighted by Gasteiger charge is 2.26. The van der Waals surface area contributed by atoms with Crippen LogP contribution in [0.5, 0.6) is 0 Å². The maximum Gasteiger partial charge on any atom is 0.274 e. The number of carbonyl (C=O) groups excluding carboxylic acids is 1. The fraction of sp³-hybridized carbons (Fsp3) is 0.316. The lowest BCUT2D eigenvalue weighted by molar-refractivity contribution is -0.364. The van der Waals surface area contributed by atoms with Crippen LogP contribution in [0.3, 0.4) is 0 Å². The van der Waals surface area contributed by atoms with Crippen molar-refractivity contribution in [2.24, 2.45) is 0 Å². The van der Waals surface area contributed by atoms with Crippen molar-refractivity contribution in [1.82, 2.24) is 25.1 Å². The van der Waals surface area contributed by atoms with Gasteiger partial charge < -0.3 is 4.90 Å². The number of piperazine rings is 1. The van der Waals surface area contributed by atoms with E-state index in [4.69, 9.17) is 0 Å². The van der Waals surface area contributed by atoms with Crippen molar-refractivity contribution in [3.8, 4) is 11.4 Å². The molecule has 1 saturated heterocycles. The van der Waals surface area contributed by atoms with Gasteiger partial charge in [0.25, 0.3) is 5.82 Å². The highest BCUT2D eigenvalue weighted by Crippen LogP contribution is 2.18. The number of nitrogens with one attached hydrogen (secondary N) is 1. The van der Waals surface area contributed by atoms with E-state index in [0.29, 0.717) is 18.9 Å². The van der Waals surface area contributed by atoms with E-state index in [9.17, 15) is 4.79 Å². The standard InChI is InChI=1S/C19H21N7O/c1-15-6-2-3-7-16(15)19-21-23-26(22-19)14-18(27)25-12-10-24(11-13-25)17-8-4-5-9-20-17/h2-9H,10-14H2,1H3/p+1. The maximum atomic E-state index is 12.6. The van der Waals surface area contributed by atoms with Crippen LogP contribution in [0.1, 0.15) is 5.56 Å². The van der Waals surface area contributed by atoms with Gasteiger partial charge in [0.15, 0.2) is 0 Å². The van der Waals surface area contributed by atoms with Crippen LogP contribution in [0.4, 0.5) is 5.82 Å². The third-order valence-electron chi connectivity index (χ3n) is 4.78. The Morgan fingerprint density at radius 1 is 1.07 bits per heavy atom. The summed E-state index contributed by atoms with van der Waals surface area (Å²) in [6.07, 6.45) is 1.91. The second-order valence-corrected chi connectivity index (χ2v) is 6.57. The molecule has 1 N–H and O–H groups in total. The topological polar surface area (TPSA) is 81.3 Å². The normalized spacial score (nSPS) is 14.4. The van der Waals surface area contributed by atoms with Gasteiger partial charge in [-0.05, 0) is 23.8 Å². The number of hydrogen-bond acceptors (Lipinski definition) is 5. The van der Waals surface area contributed by atoms with Gasteiger partial charge in [0.2, 0.25) is 11.7 Å². The van der Waals surface area contributed by atoms with Crippen LogP contribution < -0.4 is 9.88 Å². The van der Waals surface area contributed by atoms with E-state index < -0.39 is 0 Å². The molecule has 1 fully saturated rings. The van der Waals surface area contributed by atoms with Gasteiger partial charge >= 0.3 is 0 Å². The predicted octanol–water partition coefficient (Wildman–Crippen LogP) is 0.811. The summed E-state index contributed by atoms with van der Waals surface area (Å²) in [6.45, 7) is 5.07. The maximum absolute atomic E-state index is 12.6. The first kappa shape index (κ1) is 17.1. The molecule has 0 unspecified atom stereocenters. The highest BCUT2D eigenvalue weighted by molar-refractivity contribution is 5.76. The molecule has 8 nitrogen and oxygen atoms in total. The average Bonchev–Trinajstić information content (AvgIpc) is 3.17. The first-order chi connectivity index (χ1) is 13.2. The molecular weight excluding hydrogens is 342 g/mol. The minimum Gasteiger partial charge on any atom is -0.333 e. The van der Waals surface area contributed by atoms with E-state index in [1.165, 1.54) is 4.80 Å². The molecular formula is C19H22N7O+. The van der Waals surface area contributed by atoms with Gasteiger partial charge in [-0.15, -0.1) is 10.2 Å². The van der Waals surface area contributed by atoms with Gasteiger partial charge in [0, 0.05) is 11.6 Å². The van der Waals surface area contributed by atoms with E-state index in [1.807, 2.05) is 60.5 Å². The minimum absolute atomic E-state index is 0.0143. The first-order valence-electron chi connectivity index (χ1n) is 9.04. The largest absolute Gasteiger partial charge is 0.333 e. The van der Waals surface area contributed by atoms with E-state index in [2.05, 4.69) is 25.3 Å². The first-order valence-corrected chi connectivity index (χ1v) is 9.04. The Morgan fingerprint density at radius 2 is 1.85 bits per heavy atom. The molecule has 0 radical (unpaired) electrons. The Balaban J connectivity index is 1.36. The Kier molecular flexibility index (Phi) is 4.78. The van der Waals surface area contributed by atoms with Gasteiger partial charge in [0.05, 0.1) is 19.3 Å². The lowest BCUT2D eigenvalue weighted by atomic mass is 10.1. The number of benzene rings is 1. The Hall–Kier alpha value is -3.29. The number of anilines is 1. The summed E-state index contributed by atoms with van der Waals surface area (Å²) < 4.78 is 0. The van der Waals surface area contributed by atoms with Crippen molar-refractivity contribution in [1.29, 1.82) is 0 Å². The molecule has 0 aliphatic carbocycles. The monoisotopic (exact) mass is 364 g/mol. The van der Waals surface area contributed by atoms with E-state index >= 15 is 0 Å². The highest BCUT2D eigenvalue weighted by atomic mass is 16.2. The summed E-state index contributed by atoms with van der Waals surface area (Å²) in [5.41, 5.74) is 2.01. The lowest BCUT2D eigenvalue weighted by Gasteiger charge is -2.30. The van der Waals surface area contributed by atoms with E-state index in [1.54, 1.807) is 0 Å².